The molecule has 7 heteroatoms. The van der Waals surface area contributed by atoms with Crippen LogP contribution < -0.4 is 5.19 Å². The van der Waals surface area contributed by atoms with E-state index in [-0.39, 0.29) is 31.9 Å². The van der Waals surface area contributed by atoms with E-state index in [4.69, 9.17) is 14.4 Å². The fourth-order valence-electron chi connectivity index (χ4n) is 8.84. The van der Waals surface area contributed by atoms with Gasteiger partial charge in [0.25, 0.3) is 0 Å². The number of para-hydroxylation sites is 3. The third-order valence-electron chi connectivity index (χ3n) is 12.2. The van der Waals surface area contributed by atoms with Gasteiger partial charge in [-0.3, -0.25) is 4.98 Å². The van der Waals surface area contributed by atoms with E-state index >= 15 is 0 Å². The van der Waals surface area contributed by atoms with Gasteiger partial charge in [0.15, 0.2) is 0 Å². The molecule has 0 atom stereocenters. The van der Waals surface area contributed by atoms with Gasteiger partial charge in [-0.1, -0.05) is 131 Å². The maximum Gasteiger partial charge on any atom is 0.121 e. The summed E-state index contributed by atoms with van der Waals surface area (Å²) >= 11 is 0. The molecule has 4 aromatic heterocycles. The second-order valence-electron chi connectivity index (χ2n) is 18.3. The van der Waals surface area contributed by atoms with Gasteiger partial charge in [-0.15, -0.1) is 54.1 Å². The van der Waals surface area contributed by atoms with Crippen molar-refractivity contribution in [1.82, 2.24) is 19.5 Å². The molecule has 0 unspecified atom stereocenters. The molecule has 11 aromatic rings. The largest absolute Gasteiger partial charge is 0.501 e. The van der Waals surface area contributed by atoms with Crippen LogP contribution in [0.5, 0.6) is 0 Å². The zero-order chi connectivity index (χ0) is 44.1. The van der Waals surface area contributed by atoms with Crippen molar-refractivity contribution in [1.29, 1.82) is 0 Å². The number of aromatic nitrogens is 4. The summed E-state index contributed by atoms with van der Waals surface area (Å²) in [5, 5.41) is 5.69. The van der Waals surface area contributed by atoms with Crippen LogP contribution in [0.3, 0.4) is 0 Å². The summed E-state index contributed by atoms with van der Waals surface area (Å²) in [7, 11) is -1.23. The number of furan rings is 1. The van der Waals surface area contributed by atoms with Crippen molar-refractivity contribution in [3.63, 3.8) is 0 Å². The molecule has 0 spiro atoms. The fourth-order valence-corrected chi connectivity index (χ4v) is 9.88. The second kappa shape index (κ2) is 17.8. The number of rotatable bonds is 7. The molecule has 0 aliphatic heterocycles. The van der Waals surface area contributed by atoms with Crippen LogP contribution >= 0.6 is 0 Å². The van der Waals surface area contributed by atoms with Crippen molar-refractivity contribution in [3.8, 4) is 39.5 Å². The summed E-state index contributed by atoms with van der Waals surface area (Å²) in [4.78, 5) is 14.8. The predicted octanol–water partition coefficient (Wildman–Crippen LogP) is 15.1. The van der Waals surface area contributed by atoms with Gasteiger partial charge in [0.05, 0.1) is 41.5 Å². The maximum absolute atomic E-state index is 6.77. The van der Waals surface area contributed by atoms with E-state index in [9.17, 15) is 0 Å². The van der Waals surface area contributed by atoms with Crippen LogP contribution in [0.15, 0.2) is 168 Å². The van der Waals surface area contributed by atoms with Crippen molar-refractivity contribution < 1.29 is 24.5 Å². The van der Waals surface area contributed by atoms with Gasteiger partial charge < -0.3 is 14.0 Å². The molecule has 0 amide bonds. The molecule has 5 nitrogen and oxygen atoms in total. The molecule has 0 fully saturated rings. The van der Waals surface area contributed by atoms with E-state index in [0.29, 0.717) is 0 Å². The summed E-state index contributed by atoms with van der Waals surface area (Å²) in [6, 6.07) is 61.6. The van der Waals surface area contributed by atoms with Gasteiger partial charge in [-0.05, 0) is 93.5 Å². The number of hydrogen-bond acceptors (Lipinski definition) is 4. The van der Waals surface area contributed by atoms with E-state index in [1.54, 1.807) is 0 Å². The normalized spacial score (nSPS) is 11.8. The Morgan fingerprint density at radius 2 is 1.31 bits per heavy atom. The van der Waals surface area contributed by atoms with Crippen molar-refractivity contribution >= 4 is 68.0 Å². The minimum Gasteiger partial charge on any atom is -0.501 e. The first-order chi connectivity index (χ1) is 31.0. The number of fused-ring (bicyclic) bond motifs is 7. The van der Waals surface area contributed by atoms with Gasteiger partial charge in [0.2, 0.25) is 0 Å². The summed E-state index contributed by atoms with van der Waals surface area (Å²) in [5.41, 5.74) is 14.7. The predicted molar refractivity (Wildman–Crippen MR) is 271 cm³/mol. The van der Waals surface area contributed by atoms with Crippen molar-refractivity contribution in [2.24, 2.45) is 0 Å². The number of nitrogens with zero attached hydrogens (tertiary/aromatic N) is 4. The van der Waals surface area contributed by atoms with Crippen LogP contribution in [0.4, 0.5) is 0 Å². The molecule has 323 valence electrons. The molecule has 0 aliphatic carbocycles. The summed E-state index contributed by atoms with van der Waals surface area (Å²) in [5.74, 6) is 1.37. The third-order valence-corrected chi connectivity index (χ3v) is 14.3. The monoisotopic (exact) mass is 1040 g/mol. The summed E-state index contributed by atoms with van der Waals surface area (Å²) in [6.07, 6.45) is 2.02. The Morgan fingerprint density at radius 3 is 2.00 bits per heavy atom. The van der Waals surface area contributed by atoms with Crippen molar-refractivity contribution in [2.45, 2.75) is 59.2 Å². The molecular weight excluding hydrogens is 989 g/mol. The topological polar surface area (TPSA) is 56.7 Å². The Labute approximate surface area is 395 Å². The zero-order valence-electron chi connectivity index (χ0n) is 37.8. The van der Waals surface area contributed by atoms with Crippen LogP contribution in [-0.2, 0) is 20.1 Å². The van der Waals surface area contributed by atoms with Crippen LogP contribution in [-0.4, -0.2) is 27.6 Å². The Hall–Kier alpha value is -6.50. The van der Waals surface area contributed by atoms with Crippen molar-refractivity contribution in [3.05, 3.63) is 187 Å². The smallest absolute Gasteiger partial charge is 0.121 e. The molecule has 11 rings (SSSR count). The number of imidazole rings is 1. The van der Waals surface area contributed by atoms with Crippen LogP contribution in [0, 0.1) is 12.1 Å². The van der Waals surface area contributed by atoms with E-state index < -0.39 is 8.07 Å². The van der Waals surface area contributed by atoms with Crippen LogP contribution in [0.25, 0.3) is 94.2 Å². The number of benzene rings is 7. The molecule has 0 aliphatic rings. The van der Waals surface area contributed by atoms with Crippen LogP contribution in [0.2, 0.25) is 19.6 Å². The first-order valence-corrected chi connectivity index (χ1v) is 25.7. The van der Waals surface area contributed by atoms with Crippen molar-refractivity contribution in [2.75, 3.05) is 0 Å². The zero-order valence-corrected chi connectivity index (χ0v) is 41.2. The Morgan fingerprint density at radius 1 is 0.600 bits per heavy atom. The van der Waals surface area contributed by atoms with Gasteiger partial charge in [0, 0.05) is 48.1 Å². The summed E-state index contributed by atoms with van der Waals surface area (Å²) in [6.45, 7) is 16.1. The second-order valence-corrected chi connectivity index (χ2v) is 23.4. The molecule has 1 radical (unpaired) electrons. The molecule has 4 heterocycles. The molecule has 65 heavy (non-hydrogen) atoms. The van der Waals surface area contributed by atoms with E-state index in [1.807, 2.05) is 48.7 Å². The molecule has 0 bridgehead atoms. The number of hydrogen-bond donors (Lipinski definition) is 0. The van der Waals surface area contributed by atoms with Crippen LogP contribution in [0.1, 0.15) is 50.7 Å². The standard InChI is InChI=1S/C44H34N3O.C14H16NSi.Ir/c1-26(2)33-24-30(28-13-6-5-7-14-28)25-34(27(3)4)42(33)47-39-20-11-10-19-38(39)46-44(47)32-17-12-16-31-41-35-23-29-15-8-9-18-36(29)45-37(35)21-22-40(41)48-43(31)32;1-16(2,3)13-9-10-14(15-11-13)12-7-5-4-6-8-12;/h5-16,18-27H,1-4H3;4-7,9-11H,1-3H3;/q2*-1;. The Kier molecular flexibility index (Phi) is 12.0. The molecule has 0 N–H and O–H groups in total. The van der Waals surface area contributed by atoms with E-state index in [2.05, 4.69) is 184 Å². The van der Waals surface area contributed by atoms with E-state index in [0.717, 1.165) is 77.4 Å². The first kappa shape index (κ1) is 43.7. The van der Waals surface area contributed by atoms with Gasteiger partial charge in [-0.2, -0.15) is 0 Å². The molecule has 0 saturated carbocycles. The van der Waals surface area contributed by atoms with E-state index in [1.165, 1.54) is 33.1 Å². The average Bonchev–Trinajstić information content (AvgIpc) is 3.90. The molecule has 0 saturated heterocycles. The molecular formula is C58H50IrN4OSi-2. The average molecular weight is 1040 g/mol. The quantitative estimate of drug-likeness (QED) is 0.0907. The summed E-state index contributed by atoms with van der Waals surface area (Å²) < 4.78 is 9.13. The Bertz CT molecular complexity index is 3450. The first-order valence-electron chi connectivity index (χ1n) is 22.2. The van der Waals surface area contributed by atoms with Gasteiger partial charge in [0.1, 0.15) is 5.58 Å². The maximum atomic E-state index is 6.77. The fraction of sp³-hybridized carbons (Fsp3) is 0.155. The molecule has 7 aromatic carbocycles. The minimum atomic E-state index is -1.23. The SMILES string of the molecule is CC(C)c1cc(-c2ccccc2)cc(C(C)C)c1-n1c(-c2[c-]ccc3c2oc2ccc4nc5ccccc5cc4c23)nc2ccccc21.C[Si](C)(C)c1ccc(-c2[c-]cccc2)nc1.[Ir]. The minimum absolute atomic E-state index is 0. The van der Waals surface area contributed by atoms with Gasteiger partial charge in [-0.25, -0.2) is 4.98 Å². The van der Waals surface area contributed by atoms with Gasteiger partial charge >= 0.3 is 0 Å². The third kappa shape index (κ3) is 8.25. The Balaban J connectivity index is 0.000000266. The number of pyridine rings is 2.